The number of piperazine rings is 1. The number of ether oxygens (including phenoxy) is 1. The summed E-state index contributed by atoms with van der Waals surface area (Å²) in [4.78, 5) is 24.8. The van der Waals surface area contributed by atoms with Crippen molar-refractivity contribution < 1.29 is 27.2 Å². The van der Waals surface area contributed by atoms with E-state index in [1.807, 2.05) is 0 Å². The molecule has 1 aliphatic heterocycles. The molecule has 0 saturated carbocycles. The molecule has 4 rings (SSSR count). The highest BCUT2D eigenvalue weighted by Crippen LogP contribution is 2.23. The third kappa shape index (κ3) is 6.51. The van der Waals surface area contributed by atoms with Gasteiger partial charge in [-0.05, 0) is 29.8 Å². The van der Waals surface area contributed by atoms with Crippen LogP contribution >= 0.6 is 0 Å². The van der Waals surface area contributed by atoms with Crippen molar-refractivity contribution in [2.24, 2.45) is 0 Å². The lowest BCUT2D eigenvalue weighted by atomic mass is 10.2. The lowest BCUT2D eigenvalue weighted by molar-refractivity contribution is -0.274. The van der Waals surface area contributed by atoms with Crippen LogP contribution in [0.4, 0.5) is 13.2 Å². The molecule has 0 unspecified atom stereocenters. The largest absolute Gasteiger partial charge is 0.573 e. The maximum absolute atomic E-state index is 12.6. The average molecular weight is 461 g/mol. The first kappa shape index (κ1) is 22.7. The van der Waals surface area contributed by atoms with Crippen LogP contribution in [0.2, 0.25) is 0 Å². The lowest BCUT2D eigenvalue weighted by Gasteiger charge is -2.34. The molecule has 1 aliphatic rings. The summed E-state index contributed by atoms with van der Waals surface area (Å²) in [6.07, 6.45) is -0.768. The molecule has 1 aromatic carbocycles. The van der Waals surface area contributed by atoms with E-state index in [1.165, 1.54) is 12.1 Å². The van der Waals surface area contributed by atoms with Crippen LogP contribution in [0.3, 0.4) is 0 Å². The second kappa shape index (κ2) is 9.99. The Hall–Kier alpha value is -3.47. The first-order chi connectivity index (χ1) is 15.9. The molecule has 8 nitrogen and oxygen atoms in total. The van der Waals surface area contributed by atoms with Gasteiger partial charge in [-0.1, -0.05) is 17.3 Å². The maximum atomic E-state index is 12.6. The first-order valence-corrected chi connectivity index (χ1v) is 10.4. The number of aromatic nitrogens is 3. The Bertz CT molecular complexity index is 1050. The van der Waals surface area contributed by atoms with Crippen LogP contribution < -0.4 is 4.74 Å². The van der Waals surface area contributed by atoms with Crippen LogP contribution in [0, 0.1) is 0 Å². The van der Waals surface area contributed by atoms with E-state index >= 15 is 0 Å². The quantitative estimate of drug-likeness (QED) is 0.534. The van der Waals surface area contributed by atoms with Gasteiger partial charge in [0.15, 0.2) is 0 Å². The van der Waals surface area contributed by atoms with Gasteiger partial charge in [0.1, 0.15) is 5.75 Å². The van der Waals surface area contributed by atoms with Crippen molar-refractivity contribution in [3.8, 4) is 17.1 Å². The summed E-state index contributed by atoms with van der Waals surface area (Å²) in [5.41, 5.74) is 1.68. The van der Waals surface area contributed by atoms with Crippen LogP contribution in [0.15, 0.2) is 53.3 Å². The number of rotatable bonds is 7. The number of halogens is 3. The minimum atomic E-state index is -4.70. The Balaban J connectivity index is 1.20. The third-order valence-electron chi connectivity index (χ3n) is 5.25. The third-order valence-corrected chi connectivity index (χ3v) is 5.25. The molecule has 3 heterocycles. The van der Waals surface area contributed by atoms with E-state index in [1.54, 1.807) is 41.6 Å². The molecule has 1 amide bonds. The molecule has 1 fully saturated rings. The fourth-order valence-electron chi connectivity index (χ4n) is 3.56. The number of carbonyl (C=O) groups is 1. The van der Waals surface area contributed by atoms with E-state index in [0.29, 0.717) is 50.9 Å². The van der Waals surface area contributed by atoms with Crippen molar-refractivity contribution in [2.45, 2.75) is 25.7 Å². The summed E-state index contributed by atoms with van der Waals surface area (Å²) in [6, 6.07) is 9.40. The SMILES string of the molecule is O=C(CCc1nc(-c2ccncc2)no1)N1CCN(Cc2ccc(OC(F)(F)F)cc2)CC1. The molecule has 0 spiro atoms. The number of alkyl halides is 3. The van der Waals surface area contributed by atoms with Crippen molar-refractivity contribution in [3.05, 3.63) is 60.2 Å². The van der Waals surface area contributed by atoms with E-state index < -0.39 is 6.36 Å². The van der Waals surface area contributed by atoms with Crippen LogP contribution in [-0.2, 0) is 17.8 Å². The molecular formula is C22H22F3N5O3. The molecule has 3 aromatic rings. The number of hydrogen-bond acceptors (Lipinski definition) is 7. The minimum Gasteiger partial charge on any atom is -0.406 e. The van der Waals surface area contributed by atoms with Crippen molar-refractivity contribution in [2.75, 3.05) is 26.2 Å². The van der Waals surface area contributed by atoms with Crippen LogP contribution in [0.1, 0.15) is 17.9 Å². The smallest absolute Gasteiger partial charge is 0.406 e. The molecule has 0 N–H and O–H groups in total. The van der Waals surface area contributed by atoms with Gasteiger partial charge in [0.2, 0.25) is 17.6 Å². The Morgan fingerprint density at radius 1 is 1.03 bits per heavy atom. The number of aryl methyl sites for hydroxylation is 1. The van der Waals surface area contributed by atoms with Gasteiger partial charge in [0.05, 0.1) is 0 Å². The number of nitrogens with zero attached hydrogens (tertiary/aromatic N) is 5. The Morgan fingerprint density at radius 3 is 2.39 bits per heavy atom. The van der Waals surface area contributed by atoms with E-state index in [9.17, 15) is 18.0 Å². The minimum absolute atomic E-state index is 0.0203. The number of hydrogen-bond donors (Lipinski definition) is 0. The van der Waals surface area contributed by atoms with Crippen molar-refractivity contribution >= 4 is 5.91 Å². The van der Waals surface area contributed by atoms with E-state index in [4.69, 9.17) is 4.52 Å². The van der Waals surface area contributed by atoms with E-state index in [0.717, 1.165) is 11.1 Å². The second-order valence-corrected chi connectivity index (χ2v) is 7.60. The second-order valence-electron chi connectivity index (χ2n) is 7.60. The Labute approximate surface area is 188 Å². The number of carbonyl (C=O) groups excluding carboxylic acids is 1. The van der Waals surface area contributed by atoms with Gasteiger partial charge in [-0.3, -0.25) is 14.7 Å². The van der Waals surface area contributed by atoms with Gasteiger partial charge >= 0.3 is 6.36 Å². The average Bonchev–Trinajstić information content (AvgIpc) is 3.28. The Kier molecular flexibility index (Phi) is 6.87. The van der Waals surface area contributed by atoms with Gasteiger partial charge in [-0.2, -0.15) is 4.98 Å². The van der Waals surface area contributed by atoms with Crippen molar-refractivity contribution in [1.82, 2.24) is 24.9 Å². The molecule has 0 atom stereocenters. The van der Waals surface area contributed by atoms with Gasteiger partial charge in [0.25, 0.3) is 0 Å². The molecule has 1 saturated heterocycles. The molecule has 33 heavy (non-hydrogen) atoms. The normalized spacial score (nSPS) is 14.9. The molecule has 174 valence electrons. The summed E-state index contributed by atoms with van der Waals surface area (Å²) in [7, 11) is 0. The summed E-state index contributed by atoms with van der Waals surface area (Å²) in [5.74, 6) is 0.654. The number of amides is 1. The molecule has 11 heteroatoms. The van der Waals surface area contributed by atoms with E-state index in [2.05, 4.69) is 24.8 Å². The number of benzene rings is 1. The number of pyridine rings is 1. The van der Waals surface area contributed by atoms with E-state index in [-0.39, 0.29) is 18.1 Å². The topological polar surface area (TPSA) is 84.6 Å². The highest BCUT2D eigenvalue weighted by Gasteiger charge is 2.31. The van der Waals surface area contributed by atoms with Gasteiger partial charge < -0.3 is 14.2 Å². The molecule has 0 bridgehead atoms. The predicted molar refractivity (Wildman–Crippen MR) is 111 cm³/mol. The zero-order chi connectivity index (χ0) is 23.3. The zero-order valence-electron chi connectivity index (χ0n) is 17.7. The summed E-state index contributed by atoms with van der Waals surface area (Å²) >= 11 is 0. The molecule has 0 radical (unpaired) electrons. The lowest BCUT2D eigenvalue weighted by Crippen LogP contribution is -2.48. The monoisotopic (exact) mass is 461 g/mol. The highest BCUT2D eigenvalue weighted by molar-refractivity contribution is 5.76. The summed E-state index contributed by atoms with van der Waals surface area (Å²) < 4.78 is 45.9. The molecular weight excluding hydrogens is 439 g/mol. The summed E-state index contributed by atoms with van der Waals surface area (Å²) in [6.45, 7) is 3.12. The molecule has 0 aliphatic carbocycles. The van der Waals surface area contributed by atoms with Gasteiger partial charge in [-0.25, -0.2) is 0 Å². The van der Waals surface area contributed by atoms with Crippen LogP contribution in [0.5, 0.6) is 5.75 Å². The van der Waals surface area contributed by atoms with Crippen LogP contribution in [-0.4, -0.2) is 63.4 Å². The molecule has 2 aromatic heterocycles. The van der Waals surface area contributed by atoms with Gasteiger partial charge in [0, 0.05) is 63.5 Å². The Morgan fingerprint density at radius 2 is 1.73 bits per heavy atom. The van der Waals surface area contributed by atoms with Gasteiger partial charge in [-0.15, -0.1) is 13.2 Å². The fourth-order valence-corrected chi connectivity index (χ4v) is 3.56. The summed E-state index contributed by atoms with van der Waals surface area (Å²) in [5, 5.41) is 3.94. The predicted octanol–water partition coefficient (Wildman–Crippen LogP) is 3.31. The van der Waals surface area contributed by atoms with Crippen molar-refractivity contribution in [1.29, 1.82) is 0 Å². The standard InChI is InChI=1S/C22H22F3N5O3/c23-22(24,25)32-18-3-1-16(2-4-18)15-29-11-13-30(14-12-29)20(31)6-5-19-27-21(28-33-19)17-7-9-26-10-8-17/h1-4,7-10H,5-6,11-15H2. The first-order valence-electron chi connectivity index (χ1n) is 10.4. The highest BCUT2D eigenvalue weighted by atomic mass is 19.4. The maximum Gasteiger partial charge on any atom is 0.573 e. The van der Waals surface area contributed by atoms with Crippen LogP contribution in [0.25, 0.3) is 11.4 Å². The zero-order valence-corrected chi connectivity index (χ0v) is 17.7. The fraction of sp³-hybridized carbons (Fsp3) is 0.364. The van der Waals surface area contributed by atoms with Crippen molar-refractivity contribution in [3.63, 3.8) is 0 Å².